The minimum Gasteiger partial charge on any atom is -0.551 e. The minimum atomic E-state index is 0.654. The third kappa shape index (κ3) is 1.71. The summed E-state index contributed by atoms with van der Waals surface area (Å²) in [5, 5.41) is 0. The summed E-state index contributed by atoms with van der Waals surface area (Å²) in [7, 11) is 2.00. The highest BCUT2D eigenvalue weighted by molar-refractivity contribution is 6.03. The highest BCUT2D eigenvalue weighted by Gasteiger charge is 2.06. The van der Waals surface area contributed by atoms with Gasteiger partial charge in [0.15, 0.2) is 5.75 Å². The van der Waals surface area contributed by atoms with E-state index in [-0.39, 0.29) is 0 Å². The minimum absolute atomic E-state index is 0.654. The molecule has 0 fully saturated rings. The molecule has 0 bridgehead atoms. The fourth-order valence-electron chi connectivity index (χ4n) is 1.02. The molecular weight excluding hydrogens is 204 g/mol. The molecule has 0 heterocycles. The van der Waals surface area contributed by atoms with Gasteiger partial charge < -0.3 is 13.3 Å². The topological polar surface area (TPSA) is 27.7 Å². The van der Waals surface area contributed by atoms with E-state index in [0.29, 0.717) is 31.5 Å². The zero-order valence-electron chi connectivity index (χ0n) is 7.46. The van der Waals surface area contributed by atoms with Gasteiger partial charge in [0.25, 0.3) is 0 Å². The summed E-state index contributed by atoms with van der Waals surface area (Å²) in [5.74, 6) is 2.35. The van der Waals surface area contributed by atoms with Gasteiger partial charge in [-0.25, -0.2) is 0 Å². The van der Waals surface area contributed by atoms with Crippen LogP contribution in [0, 0.1) is 0 Å². The Kier molecular flexibility index (Phi) is 3.38. The van der Waals surface area contributed by atoms with Gasteiger partial charge in [-0.15, -0.1) is 0 Å². The molecule has 6 heteroatoms. The SMILES string of the molecule is [SiH3]Oc1cccc(O[SiH3])c1O[SiH3]. The van der Waals surface area contributed by atoms with Gasteiger partial charge in [-0.3, -0.25) is 0 Å². The van der Waals surface area contributed by atoms with Crippen LogP contribution in [-0.4, -0.2) is 31.5 Å². The van der Waals surface area contributed by atoms with Gasteiger partial charge in [-0.05, 0) is 12.1 Å². The number of hydrogen-bond donors (Lipinski definition) is 0. The fraction of sp³-hybridized carbons (Fsp3) is 0. The predicted molar refractivity (Wildman–Crippen MR) is 58.1 cm³/mol. The second-order valence-electron chi connectivity index (χ2n) is 2.20. The lowest BCUT2D eigenvalue weighted by atomic mass is 10.3. The van der Waals surface area contributed by atoms with Crippen LogP contribution in [0.5, 0.6) is 17.2 Å². The average molecular weight is 216 g/mol. The van der Waals surface area contributed by atoms with Gasteiger partial charge >= 0.3 is 0 Å². The van der Waals surface area contributed by atoms with Gasteiger partial charge in [0.2, 0.25) is 31.5 Å². The summed E-state index contributed by atoms with van der Waals surface area (Å²) in [4.78, 5) is 0. The summed E-state index contributed by atoms with van der Waals surface area (Å²) in [6.45, 7) is 0. The quantitative estimate of drug-likeness (QED) is 0.530. The van der Waals surface area contributed by atoms with E-state index < -0.39 is 0 Å². The Morgan fingerprint density at radius 2 is 1.33 bits per heavy atom. The normalized spacial score (nSPS) is 10.0. The van der Waals surface area contributed by atoms with Crippen LogP contribution in [0.1, 0.15) is 0 Å². The molecule has 0 saturated carbocycles. The molecule has 3 nitrogen and oxygen atoms in total. The summed E-state index contributed by atoms with van der Waals surface area (Å²) in [6.07, 6.45) is 0. The molecule has 0 saturated heterocycles. The van der Waals surface area contributed by atoms with Gasteiger partial charge in [0, 0.05) is 0 Å². The molecule has 1 aromatic carbocycles. The van der Waals surface area contributed by atoms with E-state index >= 15 is 0 Å². The standard InChI is InChI=1S/C6H12O3Si3/c10-7-4-2-1-3-5(8-11)6(4)9-12/h1-3H,10-12H3. The third-order valence-corrected chi connectivity index (χ3v) is 2.87. The maximum absolute atomic E-state index is 5.29. The van der Waals surface area contributed by atoms with E-state index in [9.17, 15) is 0 Å². The van der Waals surface area contributed by atoms with Crippen LogP contribution < -0.4 is 13.3 Å². The molecule has 0 aliphatic carbocycles. The fourth-order valence-corrected chi connectivity index (χ4v) is 2.06. The lowest BCUT2D eigenvalue weighted by Crippen LogP contribution is -1.96. The van der Waals surface area contributed by atoms with Crippen molar-refractivity contribution in [1.82, 2.24) is 0 Å². The first-order valence-electron chi connectivity index (χ1n) is 3.58. The first-order valence-corrected chi connectivity index (χ1v) is 6.03. The van der Waals surface area contributed by atoms with E-state index in [0.717, 1.165) is 17.2 Å². The first-order chi connectivity index (χ1) is 5.83. The second-order valence-corrected chi connectivity index (χ2v) is 3.42. The van der Waals surface area contributed by atoms with Crippen molar-refractivity contribution in [3.05, 3.63) is 18.2 Å². The Labute approximate surface area is 80.7 Å². The lowest BCUT2D eigenvalue weighted by molar-refractivity contribution is 0.503. The van der Waals surface area contributed by atoms with Crippen LogP contribution >= 0.6 is 0 Å². The van der Waals surface area contributed by atoms with E-state index in [1.54, 1.807) is 0 Å². The Balaban J connectivity index is 3.13. The van der Waals surface area contributed by atoms with Gasteiger partial charge in [0.05, 0.1) is 0 Å². The van der Waals surface area contributed by atoms with Crippen LogP contribution in [0.2, 0.25) is 0 Å². The highest BCUT2D eigenvalue weighted by Crippen LogP contribution is 2.35. The van der Waals surface area contributed by atoms with Crippen LogP contribution in [0.15, 0.2) is 18.2 Å². The van der Waals surface area contributed by atoms with E-state index in [4.69, 9.17) is 13.3 Å². The van der Waals surface area contributed by atoms with E-state index in [1.807, 2.05) is 18.2 Å². The molecule has 0 unspecified atom stereocenters. The van der Waals surface area contributed by atoms with Crippen molar-refractivity contribution in [2.45, 2.75) is 0 Å². The Hall–Kier alpha value is -0.729. The molecule has 0 amide bonds. The number of rotatable bonds is 3. The molecular formula is C6H12O3Si3. The molecule has 66 valence electrons. The molecule has 0 spiro atoms. The predicted octanol–water partition coefficient (Wildman–Crippen LogP) is -2.34. The van der Waals surface area contributed by atoms with Crippen molar-refractivity contribution in [3.63, 3.8) is 0 Å². The number of para-hydroxylation sites is 1. The van der Waals surface area contributed by atoms with Gasteiger partial charge in [-0.1, -0.05) is 6.07 Å². The lowest BCUT2D eigenvalue weighted by Gasteiger charge is -2.12. The monoisotopic (exact) mass is 216 g/mol. The summed E-state index contributed by atoms with van der Waals surface area (Å²) >= 11 is 0. The van der Waals surface area contributed by atoms with E-state index in [2.05, 4.69) is 0 Å². The van der Waals surface area contributed by atoms with Crippen LogP contribution in [0.4, 0.5) is 0 Å². The summed E-state index contributed by atoms with van der Waals surface area (Å²) in [5.41, 5.74) is 0. The van der Waals surface area contributed by atoms with E-state index in [1.165, 1.54) is 0 Å². The van der Waals surface area contributed by atoms with Crippen LogP contribution in [0.25, 0.3) is 0 Å². The molecule has 12 heavy (non-hydrogen) atoms. The molecule has 0 atom stereocenters. The first kappa shape index (κ1) is 9.36. The maximum atomic E-state index is 5.29. The smallest absolute Gasteiger partial charge is 0.204 e. The van der Waals surface area contributed by atoms with Gasteiger partial charge in [-0.2, -0.15) is 0 Å². The summed E-state index contributed by atoms with van der Waals surface area (Å²) in [6, 6.07) is 5.69. The van der Waals surface area contributed by atoms with Crippen molar-refractivity contribution in [2.75, 3.05) is 0 Å². The molecule has 0 aliphatic heterocycles. The molecule has 0 aliphatic rings. The Bertz CT molecular complexity index is 244. The molecule has 0 aromatic heterocycles. The Morgan fingerprint density at radius 1 is 0.833 bits per heavy atom. The van der Waals surface area contributed by atoms with Gasteiger partial charge in [0.1, 0.15) is 11.5 Å². The zero-order chi connectivity index (χ0) is 8.97. The van der Waals surface area contributed by atoms with Crippen LogP contribution in [0.3, 0.4) is 0 Å². The van der Waals surface area contributed by atoms with Crippen LogP contribution in [-0.2, 0) is 0 Å². The number of benzene rings is 1. The molecule has 1 aromatic rings. The van der Waals surface area contributed by atoms with Crippen molar-refractivity contribution >= 4 is 31.5 Å². The van der Waals surface area contributed by atoms with Crippen molar-refractivity contribution < 1.29 is 13.3 Å². The zero-order valence-corrected chi connectivity index (χ0v) is 13.5. The molecule has 0 N–H and O–H groups in total. The third-order valence-electron chi connectivity index (χ3n) is 1.59. The molecule has 1 rings (SSSR count). The maximum Gasteiger partial charge on any atom is 0.204 e. The van der Waals surface area contributed by atoms with Crippen molar-refractivity contribution in [3.8, 4) is 17.2 Å². The van der Waals surface area contributed by atoms with Crippen molar-refractivity contribution in [2.24, 2.45) is 0 Å². The second kappa shape index (κ2) is 4.33. The largest absolute Gasteiger partial charge is 0.551 e. The number of hydrogen-bond acceptors (Lipinski definition) is 3. The highest BCUT2D eigenvalue weighted by atomic mass is 28.2. The Morgan fingerprint density at radius 3 is 1.67 bits per heavy atom. The molecule has 0 radical (unpaired) electrons. The average Bonchev–Trinajstić information content (AvgIpc) is 2.16. The summed E-state index contributed by atoms with van der Waals surface area (Å²) < 4.78 is 15.8. The van der Waals surface area contributed by atoms with Crippen molar-refractivity contribution in [1.29, 1.82) is 0 Å².